The Kier molecular flexibility index (Phi) is 4.51. The van der Waals surface area contributed by atoms with Crippen molar-refractivity contribution in [2.24, 2.45) is 0 Å². The number of carbonyl (C=O) groups is 1. The number of carbonyl (C=O) groups excluding carboxylic acids is 1. The van der Waals surface area contributed by atoms with Crippen LogP contribution in [0.2, 0.25) is 0 Å². The molecule has 0 unspecified atom stereocenters. The molecule has 0 atom stereocenters. The van der Waals surface area contributed by atoms with Crippen molar-refractivity contribution in [2.45, 2.75) is 6.42 Å². The Morgan fingerprint density at radius 3 is 2.71 bits per heavy atom. The lowest BCUT2D eigenvalue weighted by Gasteiger charge is -2.04. The molecule has 0 aromatic heterocycles. The Morgan fingerprint density at radius 1 is 1.41 bits per heavy atom. The lowest BCUT2D eigenvalue weighted by Crippen LogP contribution is -2.11. The smallest absolute Gasteiger partial charge is 0.338 e. The molecule has 0 spiro atoms. The molecular weight excluding hydrogens is 242 g/mol. The van der Waals surface area contributed by atoms with Crippen LogP contribution in [0.15, 0.2) is 24.3 Å². The molecule has 0 saturated carbocycles. The van der Waals surface area contributed by atoms with Gasteiger partial charge < -0.3 is 10.5 Å². The Balaban J connectivity index is 2.41. The molecule has 1 aromatic carbocycles. The third-order valence-electron chi connectivity index (χ3n) is 2.01. The first-order valence-corrected chi connectivity index (χ1v) is 7.15. The lowest BCUT2D eigenvalue weighted by molar-refractivity contribution is 0.0506. The van der Waals surface area contributed by atoms with Gasteiger partial charge in [0.2, 0.25) is 0 Å². The minimum atomic E-state index is -3.00. The van der Waals surface area contributed by atoms with Gasteiger partial charge in [0.1, 0.15) is 9.84 Å². The largest absolute Gasteiger partial charge is 0.462 e. The van der Waals surface area contributed by atoms with Gasteiger partial charge in [0.15, 0.2) is 0 Å². The van der Waals surface area contributed by atoms with Crippen LogP contribution in [0.25, 0.3) is 0 Å². The summed E-state index contributed by atoms with van der Waals surface area (Å²) in [4.78, 5) is 11.5. The second-order valence-corrected chi connectivity index (χ2v) is 6.00. The molecule has 0 radical (unpaired) electrons. The van der Waals surface area contributed by atoms with Gasteiger partial charge in [0, 0.05) is 11.9 Å². The Bertz CT molecular complexity index is 496. The molecule has 5 nitrogen and oxygen atoms in total. The Hall–Kier alpha value is -1.56. The monoisotopic (exact) mass is 257 g/mol. The van der Waals surface area contributed by atoms with E-state index in [0.717, 1.165) is 6.26 Å². The van der Waals surface area contributed by atoms with Gasteiger partial charge in [0.05, 0.1) is 17.9 Å². The molecule has 1 rings (SSSR count). The number of esters is 1. The van der Waals surface area contributed by atoms with Crippen molar-refractivity contribution in [1.82, 2.24) is 0 Å². The van der Waals surface area contributed by atoms with Gasteiger partial charge in [-0.05, 0) is 24.6 Å². The summed E-state index contributed by atoms with van der Waals surface area (Å²) in [6, 6.07) is 6.43. The summed E-state index contributed by atoms with van der Waals surface area (Å²) in [5, 5.41) is 0. The molecule has 0 aliphatic rings. The highest BCUT2D eigenvalue weighted by Crippen LogP contribution is 2.08. The van der Waals surface area contributed by atoms with E-state index < -0.39 is 15.8 Å². The molecule has 0 heterocycles. The molecule has 2 N–H and O–H groups in total. The Labute approximate surface area is 100 Å². The zero-order valence-electron chi connectivity index (χ0n) is 9.55. The standard InChI is InChI=1S/C11H15NO4S/c1-17(14,15)7-3-6-16-11(13)9-4-2-5-10(12)8-9/h2,4-5,8H,3,6-7,12H2,1H3. The molecular formula is C11H15NO4S. The first kappa shape index (κ1) is 13.5. The molecule has 17 heavy (non-hydrogen) atoms. The van der Waals surface area contributed by atoms with Crippen LogP contribution in [0.4, 0.5) is 5.69 Å². The third kappa shape index (κ3) is 5.35. The van der Waals surface area contributed by atoms with Crippen LogP contribution < -0.4 is 5.73 Å². The van der Waals surface area contributed by atoms with Gasteiger partial charge in [-0.25, -0.2) is 13.2 Å². The quantitative estimate of drug-likeness (QED) is 0.480. The number of anilines is 1. The van der Waals surface area contributed by atoms with E-state index in [4.69, 9.17) is 10.5 Å². The number of rotatable bonds is 5. The topological polar surface area (TPSA) is 86.5 Å². The Morgan fingerprint density at radius 2 is 2.12 bits per heavy atom. The van der Waals surface area contributed by atoms with Crippen LogP contribution in [0.5, 0.6) is 0 Å². The molecule has 6 heteroatoms. The van der Waals surface area contributed by atoms with E-state index in [-0.39, 0.29) is 12.4 Å². The zero-order chi connectivity index (χ0) is 12.9. The summed E-state index contributed by atoms with van der Waals surface area (Å²) in [6.45, 7) is 0.0840. The minimum Gasteiger partial charge on any atom is -0.462 e. The van der Waals surface area contributed by atoms with E-state index in [0.29, 0.717) is 17.7 Å². The van der Waals surface area contributed by atoms with Crippen molar-refractivity contribution in [3.05, 3.63) is 29.8 Å². The fourth-order valence-electron chi connectivity index (χ4n) is 1.23. The summed E-state index contributed by atoms with van der Waals surface area (Å²) < 4.78 is 26.6. The fraction of sp³-hybridized carbons (Fsp3) is 0.364. The fourth-order valence-corrected chi connectivity index (χ4v) is 1.88. The van der Waals surface area contributed by atoms with Gasteiger partial charge in [-0.3, -0.25) is 0 Å². The van der Waals surface area contributed by atoms with Crippen LogP contribution in [0.1, 0.15) is 16.8 Å². The van der Waals surface area contributed by atoms with Crippen molar-refractivity contribution >= 4 is 21.5 Å². The second kappa shape index (κ2) is 5.67. The highest BCUT2D eigenvalue weighted by atomic mass is 32.2. The number of benzene rings is 1. The first-order chi connectivity index (χ1) is 7.88. The highest BCUT2D eigenvalue weighted by molar-refractivity contribution is 7.90. The van der Waals surface area contributed by atoms with E-state index in [9.17, 15) is 13.2 Å². The van der Waals surface area contributed by atoms with Gasteiger partial charge >= 0.3 is 5.97 Å². The number of hydrogen-bond donors (Lipinski definition) is 1. The molecule has 94 valence electrons. The molecule has 0 saturated heterocycles. The summed E-state index contributed by atoms with van der Waals surface area (Å²) in [7, 11) is -3.00. The summed E-state index contributed by atoms with van der Waals surface area (Å²) >= 11 is 0. The normalized spacial score (nSPS) is 11.1. The predicted molar refractivity (Wildman–Crippen MR) is 65.5 cm³/mol. The average Bonchev–Trinajstić information content (AvgIpc) is 2.23. The molecule has 0 aliphatic carbocycles. The van der Waals surface area contributed by atoms with E-state index in [1.54, 1.807) is 18.2 Å². The molecule has 1 aromatic rings. The molecule has 0 aliphatic heterocycles. The third-order valence-corrected chi connectivity index (χ3v) is 3.05. The molecule has 0 bridgehead atoms. The van der Waals surface area contributed by atoms with Crippen LogP contribution in [0.3, 0.4) is 0 Å². The van der Waals surface area contributed by atoms with Crippen molar-refractivity contribution < 1.29 is 17.9 Å². The van der Waals surface area contributed by atoms with E-state index in [1.807, 2.05) is 0 Å². The predicted octanol–water partition coefficient (Wildman–Crippen LogP) is 0.860. The van der Waals surface area contributed by atoms with E-state index in [1.165, 1.54) is 6.07 Å². The number of hydrogen-bond acceptors (Lipinski definition) is 5. The van der Waals surface area contributed by atoms with Gasteiger partial charge in [-0.15, -0.1) is 0 Å². The average molecular weight is 257 g/mol. The van der Waals surface area contributed by atoms with Crippen LogP contribution in [-0.2, 0) is 14.6 Å². The summed E-state index contributed by atoms with van der Waals surface area (Å²) in [5.74, 6) is -0.484. The van der Waals surface area contributed by atoms with Crippen molar-refractivity contribution in [3.63, 3.8) is 0 Å². The maximum atomic E-state index is 11.5. The second-order valence-electron chi connectivity index (χ2n) is 3.74. The van der Waals surface area contributed by atoms with E-state index in [2.05, 4.69) is 0 Å². The van der Waals surface area contributed by atoms with E-state index >= 15 is 0 Å². The maximum absolute atomic E-state index is 11.5. The SMILES string of the molecule is CS(=O)(=O)CCCOC(=O)c1cccc(N)c1. The van der Waals surface area contributed by atoms with Crippen molar-refractivity contribution in [2.75, 3.05) is 24.3 Å². The zero-order valence-corrected chi connectivity index (χ0v) is 10.4. The van der Waals surface area contributed by atoms with Crippen molar-refractivity contribution in [3.8, 4) is 0 Å². The van der Waals surface area contributed by atoms with Crippen LogP contribution >= 0.6 is 0 Å². The lowest BCUT2D eigenvalue weighted by atomic mass is 10.2. The van der Waals surface area contributed by atoms with Gasteiger partial charge in [-0.2, -0.15) is 0 Å². The van der Waals surface area contributed by atoms with Gasteiger partial charge in [-0.1, -0.05) is 6.07 Å². The highest BCUT2D eigenvalue weighted by Gasteiger charge is 2.08. The minimum absolute atomic E-state index is 0.0111. The maximum Gasteiger partial charge on any atom is 0.338 e. The number of sulfone groups is 1. The molecule has 0 fully saturated rings. The summed E-state index contributed by atoms with van der Waals surface area (Å²) in [5.41, 5.74) is 6.37. The van der Waals surface area contributed by atoms with Crippen molar-refractivity contribution in [1.29, 1.82) is 0 Å². The van der Waals surface area contributed by atoms with Crippen LogP contribution in [0, 0.1) is 0 Å². The number of nitrogen functional groups attached to an aromatic ring is 1. The number of nitrogens with two attached hydrogens (primary N) is 1. The van der Waals surface area contributed by atoms with Crippen LogP contribution in [-0.4, -0.2) is 33.0 Å². The molecule has 0 amide bonds. The van der Waals surface area contributed by atoms with Gasteiger partial charge in [0.25, 0.3) is 0 Å². The summed E-state index contributed by atoms with van der Waals surface area (Å²) in [6.07, 6.45) is 1.44. The number of ether oxygens (including phenoxy) is 1. The first-order valence-electron chi connectivity index (χ1n) is 5.09.